The highest BCUT2D eigenvalue weighted by Crippen LogP contribution is 2.07. The van der Waals surface area contributed by atoms with E-state index in [9.17, 15) is 0 Å². The maximum absolute atomic E-state index is 3.38. The number of piperidine rings is 1. The summed E-state index contributed by atoms with van der Waals surface area (Å²) in [4.78, 5) is 4.89. The Hall–Kier alpha value is -1.00. The molecule has 2 rings (SSSR count). The van der Waals surface area contributed by atoms with Crippen molar-refractivity contribution >= 4 is 0 Å². The predicted molar refractivity (Wildman–Crippen MR) is 97.0 cm³/mol. The summed E-state index contributed by atoms with van der Waals surface area (Å²) in [6.45, 7) is 11.4. The molecule has 0 aliphatic carbocycles. The molecule has 22 heavy (non-hydrogen) atoms. The molecule has 2 fully saturated rings. The Balaban J connectivity index is 0.000000220. The molecule has 0 radical (unpaired) electrons. The molecule has 4 heteroatoms. The average molecular weight is 309 g/mol. The maximum atomic E-state index is 3.38. The van der Waals surface area contributed by atoms with Gasteiger partial charge in [-0.25, -0.2) is 0 Å². The Kier molecular flexibility index (Phi) is 10.9. The fourth-order valence-electron chi connectivity index (χ4n) is 2.84. The molecule has 0 aromatic carbocycles. The van der Waals surface area contributed by atoms with Crippen LogP contribution in [0.1, 0.15) is 39.5 Å². The van der Waals surface area contributed by atoms with Crippen molar-refractivity contribution in [3.63, 3.8) is 0 Å². The summed E-state index contributed by atoms with van der Waals surface area (Å²) in [6, 6.07) is 0.711. The third-order valence-electron chi connectivity index (χ3n) is 4.27. The first-order valence-electron chi connectivity index (χ1n) is 8.89. The summed E-state index contributed by atoms with van der Waals surface area (Å²) in [5.41, 5.74) is 0. The summed E-state index contributed by atoms with van der Waals surface area (Å²) in [5.74, 6) is 0. The van der Waals surface area contributed by atoms with Crippen molar-refractivity contribution in [2.75, 3.05) is 46.3 Å². The van der Waals surface area contributed by atoms with Crippen LogP contribution in [0.5, 0.6) is 0 Å². The summed E-state index contributed by atoms with van der Waals surface area (Å²) in [6.07, 6.45) is 13.5. The van der Waals surface area contributed by atoms with E-state index in [1.54, 1.807) is 0 Å². The minimum atomic E-state index is 0.711. The number of hydrogen-bond acceptors (Lipinski definition) is 4. The molecule has 0 atom stereocenters. The number of nitrogens with one attached hydrogen (secondary N) is 2. The Labute approximate surface area is 137 Å². The van der Waals surface area contributed by atoms with E-state index in [-0.39, 0.29) is 0 Å². The normalized spacial score (nSPS) is 21.2. The van der Waals surface area contributed by atoms with Crippen molar-refractivity contribution in [3.8, 4) is 0 Å². The Bertz CT molecular complexity index is 300. The summed E-state index contributed by atoms with van der Waals surface area (Å²) in [7, 11) is 2.19. The van der Waals surface area contributed by atoms with Gasteiger partial charge < -0.3 is 20.4 Å². The maximum Gasteiger partial charge on any atom is 0.0280 e. The van der Waals surface area contributed by atoms with Gasteiger partial charge in [-0.1, -0.05) is 12.2 Å². The molecule has 2 aliphatic rings. The van der Waals surface area contributed by atoms with Crippen LogP contribution in [0, 0.1) is 0 Å². The highest BCUT2D eigenvalue weighted by Gasteiger charge is 2.14. The van der Waals surface area contributed by atoms with E-state index in [0.29, 0.717) is 6.04 Å². The largest absolute Gasteiger partial charge is 0.390 e. The van der Waals surface area contributed by atoms with Gasteiger partial charge in [-0.15, -0.1) is 0 Å². The first-order chi connectivity index (χ1) is 10.8. The van der Waals surface area contributed by atoms with Gasteiger partial charge in [0, 0.05) is 19.1 Å². The van der Waals surface area contributed by atoms with Crippen molar-refractivity contribution < 1.29 is 0 Å². The highest BCUT2D eigenvalue weighted by atomic mass is 15.1. The second-order valence-corrected chi connectivity index (χ2v) is 6.25. The number of rotatable bonds is 6. The fraction of sp³-hybridized carbons (Fsp3) is 0.778. The van der Waals surface area contributed by atoms with Crippen molar-refractivity contribution in [3.05, 3.63) is 24.6 Å². The van der Waals surface area contributed by atoms with Crippen molar-refractivity contribution in [2.45, 2.75) is 45.6 Å². The van der Waals surface area contributed by atoms with Crippen LogP contribution in [0.15, 0.2) is 24.6 Å². The Morgan fingerprint density at radius 3 is 2.18 bits per heavy atom. The third-order valence-corrected chi connectivity index (χ3v) is 4.27. The minimum absolute atomic E-state index is 0.711. The topological polar surface area (TPSA) is 30.5 Å². The highest BCUT2D eigenvalue weighted by molar-refractivity contribution is 4.83. The zero-order valence-corrected chi connectivity index (χ0v) is 14.9. The van der Waals surface area contributed by atoms with Gasteiger partial charge >= 0.3 is 0 Å². The molecule has 2 N–H and O–H groups in total. The molecule has 0 bridgehead atoms. The van der Waals surface area contributed by atoms with E-state index in [4.69, 9.17) is 0 Å². The summed E-state index contributed by atoms with van der Waals surface area (Å²) >= 11 is 0. The van der Waals surface area contributed by atoms with Gasteiger partial charge in [0.2, 0.25) is 0 Å². The standard InChI is InChI=1S/2C9H18N2/c1-3-6-10-9-4-7-11(2)8-5-9;1-2-5-10-6-9-11-7-3-4-8-11/h3,6,9-10H,4-5,7-8H2,1-2H3;2,5,10H,3-4,6-9H2,1H3. The number of hydrogen-bond donors (Lipinski definition) is 2. The molecule has 2 aliphatic heterocycles. The molecule has 128 valence electrons. The third kappa shape index (κ3) is 9.11. The minimum Gasteiger partial charge on any atom is -0.390 e. The molecule has 0 unspecified atom stereocenters. The first-order valence-corrected chi connectivity index (χ1v) is 8.89. The molecule has 0 amide bonds. The van der Waals surface area contributed by atoms with Crippen molar-refractivity contribution in [1.29, 1.82) is 0 Å². The second-order valence-electron chi connectivity index (χ2n) is 6.25. The first kappa shape index (κ1) is 19.0. The van der Waals surface area contributed by atoms with Crippen LogP contribution in [0.4, 0.5) is 0 Å². The van der Waals surface area contributed by atoms with Crippen LogP contribution in [0.3, 0.4) is 0 Å². The summed E-state index contributed by atoms with van der Waals surface area (Å²) in [5, 5.41) is 6.62. The number of likely N-dealkylation sites (tertiary alicyclic amines) is 2. The zero-order chi connectivity index (χ0) is 16.0. The number of nitrogens with zero attached hydrogens (tertiary/aromatic N) is 2. The van der Waals surface area contributed by atoms with E-state index in [1.807, 2.05) is 26.1 Å². The zero-order valence-electron chi connectivity index (χ0n) is 14.9. The Morgan fingerprint density at radius 1 is 0.955 bits per heavy atom. The van der Waals surface area contributed by atoms with Crippen LogP contribution < -0.4 is 10.6 Å². The Morgan fingerprint density at radius 2 is 1.59 bits per heavy atom. The van der Waals surface area contributed by atoms with Crippen molar-refractivity contribution in [2.24, 2.45) is 0 Å². The predicted octanol–water partition coefficient (Wildman–Crippen LogP) is 2.41. The molecule has 4 nitrogen and oxygen atoms in total. The molecule has 2 saturated heterocycles. The fourth-order valence-corrected chi connectivity index (χ4v) is 2.84. The van der Waals surface area contributed by atoms with Crippen LogP contribution in [-0.4, -0.2) is 62.2 Å². The molecular weight excluding hydrogens is 272 g/mol. The smallest absolute Gasteiger partial charge is 0.0280 e. The van der Waals surface area contributed by atoms with Gasteiger partial charge in [0.05, 0.1) is 0 Å². The lowest BCUT2D eigenvalue weighted by molar-refractivity contribution is 0.244. The molecule has 0 saturated carbocycles. The van der Waals surface area contributed by atoms with E-state index in [2.05, 4.69) is 39.8 Å². The SMILES string of the molecule is CC=CNC1CCN(C)CC1.CC=CNCCN1CCCC1. The van der Waals surface area contributed by atoms with Crippen molar-refractivity contribution in [1.82, 2.24) is 20.4 Å². The molecule has 0 aromatic rings. The average Bonchev–Trinajstić information content (AvgIpc) is 3.05. The van der Waals surface area contributed by atoms with E-state index in [1.165, 1.54) is 58.4 Å². The quantitative estimate of drug-likeness (QED) is 0.738. The van der Waals surface area contributed by atoms with Gasteiger partial charge in [-0.3, -0.25) is 0 Å². The van der Waals surface area contributed by atoms with Gasteiger partial charge in [0.1, 0.15) is 0 Å². The van der Waals surface area contributed by atoms with E-state index >= 15 is 0 Å². The van der Waals surface area contributed by atoms with Crippen LogP contribution in [-0.2, 0) is 0 Å². The van der Waals surface area contributed by atoms with E-state index < -0.39 is 0 Å². The van der Waals surface area contributed by atoms with Gasteiger partial charge in [-0.05, 0) is 85.2 Å². The molecule has 0 aromatic heterocycles. The summed E-state index contributed by atoms with van der Waals surface area (Å²) < 4.78 is 0. The van der Waals surface area contributed by atoms with Crippen LogP contribution in [0.2, 0.25) is 0 Å². The second kappa shape index (κ2) is 12.5. The van der Waals surface area contributed by atoms with Gasteiger partial charge in [0.25, 0.3) is 0 Å². The molecule has 0 spiro atoms. The van der Waals surface area contributed by atoms with Gasteiger partial charge in [0.15, 0.2) is 0 Å². The molecule has 2 heterocycles. The number of allylic oxidation sites excluding steroid dienone is 2. The van der Waals surface area contributed by atoms with E-state index in [0.717, 1.165) is 6.54 Å². The lowest BCUT2D eigenvalue weighted by Gasteiger charge is -2.28. The molecular formula is C18H36N4. The monoisotopic (exact) mass is 308 g/mol. The lowest BCUT2D eigenvalue weighted by Crippen LogP contribution is -2.38. The van der Waals surface area contributed by atoms with Gasteiger partial charge in [-0.2, -0.15) is 0 Å². The van der Waals surface area contributed by atoms with Crippen LogP contribution >= 0.6 is 0 Å². The van der Waals surface area contributed by atoms with Crippen LogP contribution in [0.25, 0.3) is 0 Å². The lowest BCUT2D eigenvalue weighted by atomic mass is 10.1.